The first-order valence-corrected chi connectivity index (χ1v) is 5.94. The summed E-state index contributed by atoms with van der Waals surface area (Å²) in [6, 6.07) is 2.70. The van der Waals surface area contributed by atoms with Gasteiger partial charge in [0.15, 0.2) is 0 Å². The number of carboxylic acid groups (broad SMARTS) is 1. The Labute approximate surface area is 110 Å². The number of nitrogens with one attached hydrogen (secondary N) is 2. The van der Waals surface area contributed by atoms with Gasteiger partial charge in [0.05, 0.1) is 13.2 Å². The number of amides is 1. The van der Waals surface area contributed by atoms with Crippen LogP contribution in [0, 0.1) is 0 Å². The van der Waals surface area contributed by atoms with Gasteiger partial charge in [-0.2, -0.15) is 0 Å². The van der Waals surface area contributed by atoms with Crippen molar-refractivity contribution in [1.29, 1.82) is 0 Å². The summed E-state index contributed by atoms with van der Waals surface area (Å²) in [6.07, 6.45) is 1.44. The number of hydrogen-bond acceptors (Lipinski definition) is 5. The van der Waals surface area contributed by atoms with Crippen molar-refractivity contribution in [3.63, 3.8) is 0 Å². The van der Waals surface area contributed by atoms with Gasteiger partial charge in [0.1, 0.15) is 11.7 Å². The molecule has 1 fully saturated rings. The van der Waals surface area contributed by atoms with Crippen LogP contribution in [0.3, 0.4) is 0 Å². The second kappa shape index (κ2) is 6.26. The highest BCUT2D eigenvalue weighted by Crippen LogP contribution is 2.01. The minimum absolute atomic E-state index is 0.0163. The zero-order chi connectivity index (χ0) is 13.7. The van der Waals surface area contributed by atoms with E-state index in [9.17, 15) is 9.59 Å². The fourth-order valence-electron chi connectivity index (χ4n) is 1.70. The van der Waals surface area contributed by atoms with Crippen molar-refractivity contribution in [2.24, 2.45) is 0 Å². The number of carbonyl (C=O) groups excluding carboxylic acids is 1. The lowest BCUT2D eigenvalue weighted by Gasteiger charge is -2.22. The number of aromatic nitrogens is 1. The molecular weight excluding hydrogens is 250 g/mol. The Hall–Kier alpha value is -1.99. The molecule has 7 nitrogen and oxygen atoms in total. The molecular formula is C12H15N3O4. The maximum Gasteiger partial charge on any atom is 0.354 e. The van der Waals surface area contributed by atoms with Crippen molar-refractivity contribution < 1.29 is 19.4 Å². The second-order valence-electron chi connectivity index (χ2n) is 4.16. The maximum absolute atomic E-state index is 11.8. The molecule has 1 amide bonds. The smallest absolute Gasteiger partial charge is 0.354 e. The average molecular weight is 265 g/mol. The Kier molecular flexibility index (Phi) is 4.43. The first kappa shape index (κ1) is 13.4. The molecule has 1 aliphatic rings. The molecule has 3 N–H and O–H groups in total. The number of aromatic carboxylic acids is 1. The van der Waals surface area contributed by atoms with E-state index in [0.29, 0.717) is 26.3 Å². The standard InChI is InChI=1S/C12H15N3O4/c16-11(10-7-19-4-3-13-10)15-6-8-1-2-9(12(17)18)14-5-8/h1-2,5,10,13H,3-4,6-7H2,(H,15,16)(H,17,18). The summed E-state index contributed by atoms with van der Waals surface area (Å²) in [4.78, 5) is 26.2. The largest absolute Gasteiger partial charge is 0.477 e. The third-order valence-electron chi connectivity index (χ3n) is 2.75. The van der Waals surface area contributed by atoms with Crippen molar-refractivity contribution in [3.05, 3.63) is 29.6 Å². The van der Waals surface area contributed by atoms with Crippen LogP contribution >= 0.6 is 0 Å². The molecule has 1 atom stereocenters. The molecule has 0 aliphatic carbocycles. The van der Waals surface area contributed by atoms with Gasteiger partial charge < -0.3 is 20.5 Å². The molecule has 7 heteroatoms. The van der Waals surface area contributed by atoms with E-state index < -0.39 is 5.97 Å². The Bertz CT molecular complexity index is 455. The predicted molar refractivity (Wildman–Crippen MR) is 65.7 cm³/mol. The van der Waals surface area contributed by atoms with Gasteiger partial charge in [-0.25, -0.2) is 9.78 Å². The van der Waals surface area contributed by atoms with Crippen LogP contribution < -0.4 is 10.6 Å². The van der Waals surface area contributed by atoms with Crippen LogP contribution in [-0.4, -0.2) is 47.8 Å². The molecule has 2 heterocycles. The van der Waals surface area contributed by atoms with Gasteiger partial charge in [-0.15, -0.1) is 0 Å². The lowest BCUT2D eigenvalue weighted by Crippen LogP contribution is -2.51. The van der Waals surface area contributed by atoms with Crippen molar-refractivity contribution in [1.82, 2.24) is 15.6 Å². The van der Waals surface area contributed by atoms with E-state index in [2.05, 4.69) is 15.6 Å². The van der Waals surface area contributed by atoms with Crippen molar-refractivity contribution >= 4 is 11.9 Å². The highest BCUT2D eigenvalue weighted by Gasteiger charge is 2.20. The lowest BCUT2D eigenvalue weighted by atomic mass is 10.2. The summed E-state index contributed by atoms with van der Waals surface area (Å²) >= 11 is 0. The Morgan fingerprint density at radius 3 is 2.95 bits per heavy atom. The summed E-state index contributed by atoms with van der Waals surface area (Å²) in [6.45, 7) is 1.95. The van der Waals surface area contributed by atoms with Crippen LogP contribution in [-0.2, 0) is 16.1 Å². The van der Waals surface area contributed by atoms with E-state index >= 15 is 0 Å². The second-order valence-corrected chi connectivity index (χ2v) is 4.16. The van der Waals surface area contributed by atoms with Crippen LogP contribution in [0.25, 0.3) is 0 Å². The number of carbonyl (C=O) groups is 2. The first-order chi connectivity index (χ1) is 9.16. The van der Waals surface area contributed by atoms with E-state index in [0.717, 1.165) is 5.56 Å². The van der Waals surface area contributed by atoms with Gasteiger partial charge in [-0.05, 0) is 11.6 Å². The average Bonchev–Trinajstić information content (AvgIpc) is 2.46. The van der Waals surface area contributed by atoms with Crippen molar-refractivity contribution in [2.45, 2.75) is 12.6 Å². The molecule has 1 aromatic heterocycles. The quantitative estimate of drug-likeness (QED) is 0.671. The molecule has 0 saturated carbocycles. The van der Waals surface area contributed by atoms with Gasteiger partial charge in [0.2, 0.25) is 5.91 Å². The fourth-order valence-corrected chi connectivity index (χ4v) is 1.70. The number of carboxylic acids is 1. The SMILES string of the molecule is O=C(O)c1ccc(CNC(=O)C2COCCN2)cn1. The maximum atomic E-state index is 11.8. The number of ether oxygens (including phenoxy) is 1. The third kappa shape index (κ3) is 3.73. The summed E-state index contributed by atoms with van der Waals surface area (Å²) < 4.78 is 5.20. The molecule has 19 heavy (non-hydrogen) atoms. The molecule has 0 spiro atoms. The lowest BCUT2D eigenvalue weighted by molar-refractivity contribution is -0.126. The Morgan fingerprint density at radius 2 is 2.37 bits per heavy atom. The van der Waals surface area contributed by atoms with Crippen molar-refractivity contribution in [2.75, 3.05) is 19.8 Å². The molecule has 1 unspecified atom stereocenters. The molecule has 102 valence electrons. The van der Waals surface area contributed by atoms with E-state index in [1.54, 1.807) is 6.07 Å². The Morgan fingerprint density at radius 1 is 1.53 bits per heavy atom. The molecule has 0 radical (unpaired) electrons. The summed E-state index contributed by atoms with van der Waals surface area (Å²) in [5, 5.41) is 14.5. The highest BCUT2D eigenvalue weighted by molar-refractivity contribution is 5.85. The number of nitrogens with zero attached hydrogens (tertiary/aromatic N) is 1. The van der Waals surface area contributed by atoms with Gasteiger partial charge in [0, 0.05) is 19.3 Å². The summed E-state index contributed by atoms with van der Waals surface area (Å²) in [7, 11) is 0. The fraction of sp³-hybridized carbons (Fsp3) is 0.417. The minimum Gasteiger partial charge on any atom is -0.477 e. The summed E-state index contributed by atoms with van der Waals surface area (Å²) in [5.74, 6) is -1.21. The Balaban J connectivity index is 1.84. The van der Waals surface area contributed by atoms with E-state index in [1.165, 1.54) is 12.3 Å². The van der Waals surface area contributed by atoms with Gasteiger partial charge in [-0.1, -0.05) is 6.07 Å². The third-order valence-corrected chi connectivity index (χ3v) is 2.75. The monoisotopic (exact) mass is 265 g/mol. The molecule has 1 aromatic rings. The molecule has 1 saturated heterocycles. The van der Waals surface area contributed by atoms with Gasteiger partial charge in [0.25, 0.3) is 0 Å². The number of pyridine rings is 1. The minimum atomic E-state index is -1.07. The highest BCUT2D eigenvalue weighted by atomic mass is 16.5. The molecule has 0 bridgehead atoms. The number of morpholine rings is 1. The zero-order valence-electron chi connectivity index (χ0n) is 10.3. The van der Waals surface area contributed by atoms with Crippen LogP contribution in [0.15, 0.2) is 18.3 Å². The zero-order valence-corrected chi connectivity index (χ0v) is 10.3. The predicted octanol–water partition coefficient (Wildman–Crippen LogP) is -0.616. The number of rotatable bonds is 4. The normalized spacial score (nSPS) is 18.8. The first-order valence-electron chi connectivity index (χ1n) is 5.94. The van der Waals surface area contributed by atoms with Gasteiger partial charge in [-0.3, -0.25) is 4.79 Å². The van der Waals surface area contributed by atoms with E-state index in [4.69, 9.17) is 9.84 Å². The molecule has 1 aliphatic heterocycles. The van der Waals surface area contributed by atoms with Crippen LogP contribution in [0.2, 0.25) is 0 Å². The summed E-state index contributed by atoms with van der Waals surface area (Å²) in [5.41, 5.74) is 0.729. The van der Waals surface area contributed by atoms with E-state index in [-0.39, 0.29) is 17.6 Å². The van der Waals surface area contributed by atoms with Crippen LogP contribution in [0.1, 0.15) is 16.1 Å². The topological polar surface area (TPSA) is 101 Å². The number of hydrogen-bond donors (Lipinski definition) is 3. The van der Waals surface area contributed by atoms with Crippen LogP contribution in [0.5, 0.6) is 0 Å². The molecule has 2 rings (SSSR count). The van der Waals surface area contributed by atoms with Crippen LogP contribution in [0.4, 0.5) is 0 Å². The van der Waals surface area contributed by atoms with Crippen molar-refractivity contribution in [3.8, 4) is 0 Å². The molecule has 0 aromatic carbocycles. The van der Waals surface area contributed by atoms with E-state index in [1.807, 2.05) is 0 Å². The van der Waals surface area contributed by atoms with Gasteiger partial charge >= 0.3 is 5.97 Å².